The Morgan fingerprint density at radius 2 is 1.94 bits per heavy atom. The first-order valence-corrected chi connectivity index (χ1v) is 6.92. The molecule has 0 aromatic carbocycles. The molecular weight excluding hydrogens is 230 g/mol. The van der Waals surface area contributed by atoms with Crippen LogP contribution >= 0.6 is 11.3 Å². The van der Waals surface area contributed by atoms with Crippen LogP contribution in [0.3, 0.4) is 0 Å². The van der Waals surface area contributed by atoms with Crippen LogP contribution in [0.2, 0.25) is 0 Å². The Morgan fingerprint density at radius 3 is 2.71 bits per heavy atom. The Morgan fingerprint density at radius 1 is 1.18 bits per heavy atom. The van der Waals surface area contributed by atoms with Gasteiger partial charge in [-0.05, 0) is 29.3 Å². The number of rotatable bonds is 1. The molecule has 0 unspecified atom stereocenters. The molecule has 0 aliphatic heterocycles. The second-order valence-corrected chi connectivity index (χ2v) is 4.37. The van der Waals surface area contributed by atoms with Gasteiger partial charge in [-0.15, -0.1) is 0 Å². The van der Waals surface area contributed by atoms with E-state index in [1.165, 1.54) is 16.7 Å². The molecular formula is C13H17N3S. The fourth-order valence-corrected chi connectivity index (χ4v) is 2.81. The summed E-state index contributed by atoms with van der Waals surface area (Å²) in [5.41, 5.74) is 5.09. The molecule has 2 heterocycles. The van der Waals surface area contributed by atoms with Crippen LogP contribution in [0, 0.1) is 0 Å². The maximum absolute atomic E-state index is 4.53. The summed E-state index contributed by atoms with van der Waals surface area (Å²) in [4.78, 5) is 8.78. The Hall–Kier alpha value is -1.42. The third kappa shape index (κ3) is 2.17. The number of aromatic nitrogens is 2. The summed E-state index contributed by atoms with van der Waals surface area (Å²) in [5.74, 6) is 0.702. The van der Waals surface area contributed by atoms with Crippen LogP contribution in [-0.2, 0) is 12.8 Å². The number of hydrogen-bond acceptors (Lipinski definition) is 4. The van der Waals surface area contributed by atoms with Crippen LogP contribution in [0.5, 0.6) is 0 Å². The Bertz CT molecular complexity index is 505. The molecule has 17 heavy (non-hydrogen) atoms. The predicted octanol–water partition coefficient (Wildman–Crippen LogP) is 3.37. The largest absolute Gasteiger partial charge is 0.357 e. The lowest BCUT2D eigenvalue weighted by atomic mass is 9.93. The number of nitrogens with one attached hydrogen (secondary N) is 1. The molecule has 1 N–H and O–H groups in total. The van der Waals surface area contributed by atoms with Gasteiger partial charge in [0.15, 0.2) is 0 Å². The number of nitrogens with zero attached hydrogens (tertiary/aromatic N) is 2. The highest BCUT2D eigenvalue weighted by Gasteiger charge is 2.18. The highest BCUT2D eigenvalue weighted by atomic mass is 32.1. The van der Waals surface area contributed by atoms with Gasteiger partial charge in [-0.3, -0.25) is 0 Å². The van der Waals surface area contributed by atoms with E-state index in [1.807, 2.05) is 27.1 Å². The van der Waals surface area contributed by atoms with E-state index in [-0.39, 0.29) is 0 Å². The van der Waals surface area contributed by atoms with Crippen molar-refractivity contribution in [3.8, 4) is 11.3 Å². The molecule has 0 fully saturated rings. The van der Waals surface area contributed by atoms with Gasteiger partial charge < -0.3 is 5.32 Å². The van der Waals surface area contributed by atoms with E-state index in [0.717, 1.165) is 18.5 Å². The first-order chi connectivity index (χ1) is 8.38. The summed E-state index contributed by atoms with van der Waals surface area (Å²) in [6.07, 6.45) is 4.12. The molecule has 0 radical (unpaired) electrons. The maximum Gasteiger partial charge on any atom is 0.222 e. The molecule has 4 heteroatoms. The zero-order chi connectivity index (χ0) is 12.3. The van der Waals surface area contributed by atoms with Crippen molar-refractivity contribution in [2.24, 2.45) is 0 Å². The molecule has 0 bridgehead atoms. The van der Waals surface area contributed by atoms with Crippen molar-refractivity contribution in [3.05, 3.63) is 28.1 Å². The van der Waals surface area contributed by atoms with E-state index in [2.05, 4.69) is 26.0 Å². The molecule has 2 aromatic rings. The Kier molecular flexibility index (Phi) is 3.74. The van der Waals surface area contributed by atoms with E-state index >= 15 is 0 Å². The molecule has 1 aliphatic carbocycles. The quantitative estimate of drug-likeness (QED) is 0.839. The maximum atomic E-state index is 4.53. The molecule has 0 atom stereocenters. The average molecular weight is 247 g/mol. The van der Waals surface area contributed by atoms with E-state index in [0.29, 0.717) is 5.95 Å². The Balaban J connectivity index is 0.000000514. The lowest BCUT2D eigenvalue weighted by Crippen LogP contribution is -2.07. The minimum Gasteiger partial charge on any atom is -0.357 e. The zero-order valence-electron chi connectivity index (χ0n) is 10.4. The number of anilines is 1. The molecule has 0 spiro atoms. The van der Waals surface area contributed by atoms with Crippen molar-refractivity contribution in [2.75, 3.05) is 12.4 Å². The fourth-order valence-electron chi connectivity index (χ4n) is 1.94. The molecule has 0 saturated carbocycles. The second kappa shape index (κ2) is 5.27. The Labute approximate surface area is 106 Å². The topological polar surface area (TPSA) is 37.8 Å². The standard InChI is InChI=1S/C11H11N3S.C2H6/c1-12-11-13-4-7-2-3-8-5-15-6-9(8)10(7)14-11;1-2/h4-6H,2-3H2,1H3,(H,12,13,14);1-2H3. The van der Waals surface area contributed by atoms with Crippen LogP contribution in [0.15, 0.2) is 17.0 Å². The van der Waals surface area contributed by atoms with E-state index < -0.39 is 0 Å². The summed E-state index contributed by atoms with van der Waals surface area (Å²) in [7, 11) is 1.85. The molecule has 90 valence electrons. The van der Waals surface area contributed by atoms with Gasteiger partial charge in [0.05, 0.1) is 5.69 Å². The molecule has 1 aliphatic rings. The molecule has 3 nitrogen and oxygen atoms in total. The summed E-state index contributed by atoms with van der Waals surface area (Å²) < 4.78 is 0. The third-order valence-electron chi connectivity index (χ3n) is 2.75. The summed E-state index contributed by atoms with van der Waals surface area (Å²) in [5, 5.41) is 7.38. The number of aryl methyl sites for hydroxylation is 2. The van der Waals surface area contributed by atoms with Gasteiger partial charge in [0.1, 0.15) is 0 Å². The number of fused-ring (bicyclic) bond motifs is 3. The van der Waals surface area contributed by atoms with Crippen LogP contribution in [0.25, 0.3) is 11.3 Å². The highest BCUT2D eigenvalue weighted by Crippen LogP contribution is 2.34. The monoisotopic (exact) mass is 247 g/mol. The second-order valence-electron chi connectivity index (χ2n) is 3.63. The molecule has 3 rings (SSSR count). The van der Waals surface area contributed by atoms with Crippen molar-refractivity contribution in [2.45, 2.75) is 26.7 Å². The highest BCUT2D eigenvalue weighted by molar-refractivity contribution is 7.08. The van der Waals surface area contributed by atoms with E-state index in [1.54, 1.807) is 11.3 Å². The molecule has 0 amide bonds. The molecule has 2 aromatic heterocycles. The SMILES string of the molecule is CC.CNc1ncc2c(n1)-c1cscc1CC2. The first kappa shape index (κ1) is 12.0. The van der Waals surface area contributed by atoms with Gasteiger partial charge in [0, 0.05) is 24.2 Å². The van der Waals surface area contributed by atoms with Gasteiger partial charge in [0.2, 0.25) is 5.95 Å². The first-order valence-electron chi connectivity index (χ1n) is 5.97. The van der Waals surface area contributed by atoms with Crippen LogP contribution < -0.4 is 5.32 Å². The minimum atomic E-state index is 0.702. The lowest BCUT2D eigenvalue weighted by Gasteiger charge is -2.15. The van der Waals surface area contributed by atoms with Gasteiger partial charge >= 0.3 is 0 Å². The zero-order valence-corrected chi connectivity index (χ0v) is 11.3. The van der Waals surface area contributed by atoms with Crippen molar-refractivity contribution >= 4 is 17.3 Å². The van der Waals surface area contributed by atoms with Crippen LogP contribution in [-0.4, -0.2) is 17.0 Å². The van der Waals surface area contributed by atoms with Gasteiger partial charge in [-0.25, -0.2) is 9.97 Å². The van der Waals surface area contributed by atoms with E-state index in [4.69, 9.17) is 0 Å². The third-order valence-corrected chi connectivity index (χ3v) is 3.54. The van der Waals surface area contributed by atoms with Gasteiger partial charge in [-0.1, -0.05) is 13.8 Å². The molecule has 0 saturated heterocycles. The average Bonchev–Trinajstić information content (AvgIpc) is 2.89. The van der Waals surface area contributed by atoms with Crippen LogP contribution in [0.4, 0.5) is 5.95 Å². The van der Waals surface area contributed by atoms with Crippen molar-refractivity contribution in [1.82, 2.24) is 9.97 Å². The summed E-state index contributed by atoms with van der Waals surface area (Å²) in [6, 6.07) is 0. The predicted molar refractivity (Wildman–Crippen MR) is 73.6 cm³/mol. The van der Waals surface area contributed by atoms with Gasteiger partial charge in [0.25, 0.3) is 0 Å². The number of hydrogen-bond donors (Lipinski definition) is 1. The summed E-state index contributed by atoms with van der Waals surface area (Å²) >= 11 is 1.75. The van der Waals surface area contributed by atoms with Crippen molar-refractivity contribution in [3.63, 3.8) is 0 Å². The lowest BCUT2D eigenvalue weighted by molar-refractivity contribution is 0.917. The van der Waals surface area contributed by atoms with E-state index in [9.17, 15) is 0 Å². The van der Waals surface area contributed by atoms with Crippen molar-refractivity contribution in [1.29, 1.82) is 0 Å². The van der Waals surface area contributed by atoms with Gasteiger partial charge in [-0.2, -0.15) is 11.3 Å². The minimum absolute atomic E-state index is 0.702. The number of thiophene rings is 1. The normalized spacial score (nSPS) is 11.9. The van der Waals surface area contributed by atoms with Crippen molar-refractivity contribution < 1.29 is 0 Å². The van der Waals surface area contributed by atoms with Crippen LogP contribution in [0.1, 0.15) is 25.0 Å². The fraction of sp³-hybridized carbons (Fsp3) is 0.385. The smallest absolute Gasteiger partial charge is 0.222 e. The summed E-state index contributed by atoms with van der Waals surface area (Å²) in [6.45, 7) is 4.00.